The van der Waals surface area contributed by atoms with E-state index in [-0.39, 0.29) is 33.2 Å². The van der Waals surface area contributed by atoms with Gasteiger partial charge in [0.2, 0.25) is 0 Å². The van der Waals surface area contributed by atoms with E-state index in [0.29, 0.717) is 5.92 Å². The highest BCUT2D eigenvalue weighted by Crippen LogP contribution is 2.33. The van der Waals surface area contributed by atoms with Crippen molar-refractivity contribution in [3.05, 3.63) is 37.9 Å². The molecular weight excluding hydrogens is 315 g/mol. The molecule has 5 nitrogen and oxygen atoms in total. The van der Waals surface area contributed by atoms with Crippen molar-refractivity contribution >= 4 is 34.8 Å². The summed E-state index contributed by atoms with van der Waals surface area (Å²) in [5.74, 6) is 0.334. The predicted octanol–water partition coefficient (Wildman–Crippen LogP) is 4.21. The Morgan fingerprint density at radius 1 is 1.29 bits per heavy atom. The van der Waals surface area contributed by atoms with Gasteiger partial charge in [-0.05, 0) is 37.7 Å². The van der Waals surface area contributed by atoms with Crippen LogP contribution >= 0.6 is 23.2 Å². The van der Waals surface area contributed by atoms with Gasteiger partial charge in [-0.3, -0.25) is 14.9 Å². The van der Waals surface area contributed by atoms with E-state index in [1.54, 1.807) is 0 Å². The smallest absolute Gasteiger partial charge is 0.290 e. The normalized spacial score (nSPS) is 21.9. The van der Waals surface area contributed by atoms with Crippen LogP contribution in [0.5, 0.6) is 0 Å². The maximum Gasteiger partial charge on any atom is 0.290 e. The van der Waals surface area contributed by atoms with Gasteiger partial charge in [-0.15, -0.1) is 0 Å². The third-order valence-electron chi connectivity index (χ3n) is 3.82. The summed E-state index contributed by atoms with van der Waals surface area (Å²) in [4.78, 5) is 22.5. The van der Waals surface area contributed by atoms with E-state index in [0.717, 1.165) is 31.7 Å². The minimum absolute atomic E-state index is 0.00767. The van der Waals surface area contributed by atoms with Crippen molar-refractivity contribution in [3.63, 3.8) is 0 Å². The van der Waals surface area contributed by atoms with Gasteiger partial charge in [0.1, 0.15) is 5.02 Å². The molecule has 0 radical (unpaired) electrons. The molecule has 0 aromatic heterocycles. The number of carbonyl (C=O) groups is 1. The second kappa shape index (κ2) is 6.62. The number of nitro benzene ring substituents is 1. The molecule has 7 heteroatoms. The maximum absolute atomic E-state index is 12.2. The lowest BCUT2D eigenvalue weighted by molar-refractivity contribution is -0.384. The number of amides is 1. The van der Waals surface area contributed by atoms with E-state index in [1.165, 1.54) is 6.07 Å². The number of rotatable bonds is 3. The maximum atomic E-state index is 12.2. The van der Waals surface area contributed by atoms with Gasteiger partial charge in [0, 0.05) is 17.7 Å². The largest absolute Gasteiger partial charge is 0.349 e. The lowest BCUT2D eigenvalue weighted by Crippen LogP contribution is -2.37. The molecule has 1 aromatic rings. The van der Waals surface area contributed by atoms with Crippen LogP contribution in [0, 0.1) is 16.0 Å². The number of nitrogens with zero attached hydrogens (tertiary/aromatic N) is 1. The molecule has 2 rings (SSSR count). The summed E-state index contributed by atoms with van der Waals surface area (Å²) < 4.78 is 0. The molecule has 1 N–H and O–H groups in total. The molecule has 1 fully saturated rings. The highest BCUT2D eigenvalue weighted by molar-refractivity contribution is 6.43. The average Bonchev–Trinajstić information content (AvgIpc) is 2.43. The molecule has 0 bridgehead atoms. The molecule has 1 saturated carbocycles. The molecule has 1 amide bonds. The van der Waals surface area contributed by atoms with Crippen LogP contribution < -0.4 is 5.32 Å². The number of hydrogen-bond donors (Lipinski definition) is 1. The summed E-state index contributed by atoms with van der Waals surface area (Å²) in [6.45, 7) is 2.19. The van der Waals surface area contributed by atoms with Crippen LogP contribution in [0.4, 0.5) is 5.69 Å². The van der Waals surface area contributed by atoms with Gasteiger partial charge in [0.25, 0.3) is 11.6 Å². The van der Waals surface area contributed by atoms with Crippen LogP contribution in [-0.4, -0.2) is 16.9 Å². The van der Waals surface area contributed by atoms with Crippen LogP contribution in [0.15, 0.2) is 12.1 Å². The standard InChI is InChI=1S/C14H16Cl2N2O3/c1-8-2-4-10(5-3-8)17-14(19)9-6-11(15)13(16)12(7-9)18(20)21/h6-8,10H,2-5H2,1H3,(H,17,19). The zero-order valence-electron chi connectivity index (χ0n) is 11.6. The van der Waals surface area contributed by atoms with Crippen molar-refractivity contribution in [2.24, 2.45) is 5.92 Å². The molecule has 0 heterocycles. The van der Waals surface area contributed by atoms with Gasteiger partial charge >= 0.3 is 0 Å². The van der Waals surface area contributed by atoms with Gasteiger partial charge in [-0.25, -0.2) is 0 Å². The number of carbonyl (C=O) groups excluding carboxylic acids is 1. The van der Waals surface area contributed by atoms with E-state index in [4.69, 9.17) is 23.2 Å². The molecule has 0 spiro atoms. The highest BCUT2D eigenvalue weighted by Gasteiger charge is 2.23. The fourth-order valence-corrected chi connectivity index (χ4v) is 2.90. The van der Waals surface area contributed by atoms with Crippen molar-refractivity contribution in [3.8, 4) is 0 Å². The second-order valence-corrected chi connectivity index (χ2v) is 6.26. The summed E-state index contributed by atoms with van der Waals surface area (Å²) in [6, 6.07) is 2.63. The van der Waals surface area contributed by atoms with E-state index in [2.05, 4.69) is 12.2 Å². The Hall–Kier alpha value is -1.33. The zero-order chi connectivity index (χ0) is 15.6. The number of hydrogen-bond acceptors (Lipinski definition) is 3. The molecule has 0 atom stereocenters. The monoisotopic (exact) mass is 330 g/mol. The van der Waals surface area contributed by atoms with Gasteiger partial charge in [0.15, 0.2) is 0 Å². The highest BCUT2D eigenvalue weighted by atomic mass is 35.5. The Morgan fingerprint density at radius 2 is 1.90 bits per heavy atom. The Morgan fingerprint density at radius 3 is 2.48 bits per heavy atom. The Labute approximate surface area is 132 Å². The van der Waals surface area contributed by atoms with Crippen molar-refractivity contribution in [1.82, 2.24) is 5.32 Å². The first-order valence-electron chi connectivity index (χ1n) is 6.82. The summed E-state index contributed by atoms with van der Waals surface area (Å²) in [6.07, 6.45) is 4.01. The molecule has 0 unspecified atom stereocenters. The summed E-state index contributed by atoms with van der Waals surface area (Å²) in [5, 5.41) is 13.7. The third kappa shape index (κ3) is 3.86. The molecule has 1 aromatic carbocycles. The van der Waals surface area contributed by atoms with E-state index in [9.17, 15) is 14.9 Å². The molecule has 21 heavy (non-hydrogen) atoms. The Balaban J connectivity index is 2.14. The number of nitrogens with one attached hydrogen (secondary N) is 1. The summed E-state index contributed by atoms with van der Waals surface area (Å²) in [5.41, 5.74) is -0.193. The third-order valence-corrected chi connectivity index (χ3v) is 4.61. The van der Waals surface area contributed by atoms with Crippen molar-refractivity contribution in [2.75, 3.05) is 0 Å². The van der Waals surface area contributed by atoms with Crippen LogP contribution in [0.1, 0.15) is 43.0 Å². The zero-order valence-corrected chi connectivity index (χ0v) is 13.1. The topological polar surface area (TPSA) is 72.2 Å². The van der Waals surface area contributed by atoms with Crippen LogP contribution in [0.25, 0.3) is 0 Å². The van der Waals surface area contributed by atoms with Gasteiger partial charge in [0.05, 0.1) is 9.95 Å². The van der Waals surface area contributed by atoms with E-state index >= 15 is 0 Å². The SMILES string of the molecule is CC1CCC(NC(=O)c2cc(Cl)c(Cl)c([N+](=O)[O-])c2)CC1. The quantitative estimate of drug-likeness (QED) is 0.666. The van der Waals surface area contributed by atoms with Gasteiger partial charge in [-0.1, -0.05) is 30.1 Å². The average molecular weight is 331 g/mol. The van der Waals surface area contributed by atoms with Gasteiger partial charge in [-0.2, -0.15) is 0 Å². The van der Waals surface area contributed by atoms with E-state index in [1.807, 2.05) is 0 Å². The number of halogens is 2. The predicted molar refractivity (Wildman–Crippen MR) is 82.0 cm³/mol. The van der Waals surface area contributed by atoms with Crippen molar-refractivity contribution in [1.29, 1.82) is 0 Å². The lowest BCUT2D eigenvalue weighted by atomic mass is 9.87. The molecule has 1 aliphatic rings. The number of benzene rings is 1. The minimum Gasteiger partial charge on any atom is -0.349 e. The van der Waals surface area contributed by atoms with Crippen molar-refractivity contribution < 1.29 is 9.72 Å². The molecule has 0 aliphatic heterocycles. The van der Waals surface area contributed by atoms with Crippen LogP contribution in [0.2, 0.25) is 10.0 Å². The van der Waals surface area contributed by atoms with E-state index < -0.39 is 4.92 Å². The lowest BCUT2D eigenvalue weighted by Gasteiger charge is -2.26. The minimum atomic E-state index is -0.646. The molecule has 1 aliphatic carbocycles. The Kier molecular flexibility index (Phi) is 5.06. The summed E-state index contributed by atoms with van der Waals surface area (Å²) >= 11 is 11.6. The summed E-state index contributed by atoms with van der Waals surface area (Å²) in [7, 11) is 0. The van der Waals surface area contributed by atoms with Crippen molar-refractivity contribution in [2.45, 2.75) is 38.6 Å². The molecular formula is C14H16Cl2N2O3. The first-order chi connectivity index (χ1) is 9.88. The van der Waals surface area contributed by atoms with Crippen LogP contribution in [0.3, 0.4) is 0 Å². The fourth-order valence-electron chi connectivity index (χ4n) is 2.51. The first-order valence-corrected chi connectivity index (χ1v) is 7.58. The van der Waals surface area contributed by atoms with Crippen LogP contribution in [-0.2, 0) is 0 Å². The fraction of sp³-hybridized carbons (Fsp3) is 0.500. The Bertz CT molecular complexity index is 570. The molecule has 114 valence electrons. The second-order valence-electron chi connectivity index (χ2n) is 5.48. The number of nitro groups is 1. The molecule has 0 saturated heterocycles. The van der Waals surface area contributed by atoms with Gasteiger partial charge < -0.3 is 5.32 Å². The first kappa shape index (κ1) is 16.0.